The van der Waals surface area contributed by atoms with Crippen LogP contribution in [0.2, 0.25) is 0 Å². The molecule has 0 aromatic rings. The van der Waals surface area contributed by atoms with Gasteiger partial charge in [0, 0.05) is 20.0 Å². The summed E-state index contributed by atoms with van der Waals surface area (Å²) in [5.41, 5.74) is 5.22. The Kier molecular flexibility index (Phi) is 4.86. The summed E-state index contributed by atoms with van der Waals surface area (Å²) < 4.78 is 24.2. The predicted octanol–water partition coefficient (Wildman–Crippen LogP) is -0.207. The van der Waals surface area contributed by atoms with Crippen molar-refractivity contribution in [2.45, 2.75) is 25.5 Å². The van der Waals surface area contributed by atoms with E-state index in [1.807, 2.05) is 0 Å². The largest absolute Gasteiger partial charge is 0.409 e. The van der Waals surface area contributed by atoms with E-state index in [0.717, 1.165) is 0 Å². The highest BCUT2D eigenvalue weighted by molar-refractivity contribution is 7.89. The molecule has 0 atom stereocenters. The number of hydrogen-bond donors (Lipinski definition) is 2. The van der Waals surface area contributed by atoms with Crippen molar-refractivity contribution in [3.05, 3.63) is 0 Å². The molecule has 0 aromatic heterocycles. The SMILES string of the molecule is CC(C)S(=O)(=O)N(C)CC/C(N)=N/O. The molecule has 14 heavy (non-hydrogen) atoms. The molecule has 0 saturated carbocycles. The second kappa shape index (κ2) is 5.16. The first-order chi connectivity index (χ1) is 6.32. The van der Waals surface area contributed by atoms with Gasteiger partial charge in [-0.3, -0.25) is 0 Å². The van der Waals surface area contributed by atoms with Gasteiger partial charge in [-0.2, -0.15) is 0 Å². The Morgan fingerprint density at radius 3 is 2.43 bits per heavy atom. The third-order valence-electron chi connectivity index (χ3n) is 1.84. The van der Waals surface area contributed by atoms with Gasteiger partial charge in [0.15, 0.2) is 0 Å². The highest BCUT2D eigenvalue weighted by atomic mass is 32.2. The van der Waals surface area contributed by atoms with Gasteiger partial charge in [-0.1, -0.05) is 5.16 Å². The Hall–Kier alpha value is -0.820. The zero-order valence-electron chi connectivity index (χ0n) is 8.64. The Bertz CT molecular complexity index is 297. The molecule has 0 rings (SSSR count). The molecule has 0 saturated heterocycles. The third-order valence-corrected chi connectivity index (χ3v) is 4.08. The van der Waals surface area contributed by atoms with E-state index in [1.165, 1.54) is 11.4 Å². The second-order valence-electron chi connectivity index (χ2n) is 3.26. The summed E-state index contributed by atoms with van der Waals surface area (Å²) in [6, 6.07) is 0. The summed E-state index contributed by atoms with van der Waals surface area (Å²) >= 11 is 0. The number of amidine groups is 1. The summed E-state index contributed by atoms with van der Waals surface area (Å²) in [5.74, 6) is 0.0239. The molecule has 7 heteroatoms. The minimum atomic E-state index is -3.24. The Morgan fingerprint density at radius 1 is 1.57 bits per heavy atom. The summed E-state index contributed by atoms with van der Waals surface area (Å²) in [7, 11) is -1.77. The Labute approximate surface area is 84.4 Å². The van der Waals surface area contributed by atoms with Crippen LogP contribution in [0.25, 0.3) is 0 Å². The lowest BCUT2D eigenvalue weighted by Gasteiger charge is -2.18. The van der Waals surface area contributed by atoms with Crippen LogP contribution < -0.4 is 5.73 Å². The molecule has 0 radical (unpaired) electrons. The maximum absolute atomic E-state index is 11.5. The van der Waals surface area contributed by atoms with Crippen molar-refractivity contribution in [3.8, 4) is 0 Å². The predicted molar refractivity (Wildman–Crippen MR) is 54.7 cm³/mol. The number of nitrogens with zero attached hydrogens (tertiary/aromatic N) is 2. The van der Waals surface area contributed by atoms with E-state index in [-0.39, 0.29) is 18.8 Å². The lowest BCUT2D eigenvalue weighted by Crippen LogP contribution is -2.35. The summed E-state index contributed by atoms with van der Waals surface area (Å²) in [6.07, 6.45) is 0.221. The van der Waals surface area contributed by atoms with Crippen molar-refractivity contribution in [1.29, 1.82) is 0 Å². The summed E-state index contributed by atoms with van der Waals surface area (Å²) in [6.45, 7) is 3.43. The fraction of sp³-hybridized carbons (Fsp3) is 0.857. The monoisotopic (exact) mass is 223 g/mol. The lowest BCUT2D eigenvalue weighted by atomic mass is 10.4. The fourth-order valence-electron chi connectivity index (χ4n) is 0.809. The normalized spacial score (nSPS) is 13.9. The van der Waals surface area contributed by atoms with Crippen LogP contribution in [0.15, 0.2) is 5.16 Å². The minimum Gasteiger partial charge on any atom is -0.409 e. The van der Waals surface area contributed by atoms with Crippen LogP contribution in [-0.4, -0.2) is 42.6 Å². The van der Waals surface area contributed by atoms with Gasteiger partial charge in [0.05, 0.1) is 5.25 Å². The van der Waals surface area contributed by atoms with Crippen LogP contribution in [0.3, 0.4) is 0 Å². The van der Waals surface area contributed by atoms with E-state index in [9.17, 15) is 8.42 Å². The smallest absolute Gasteiger partial charge is 0.216 e. The molecule has 0 fully saturated rings. The number of oxime groups is 1. The molecule has 0 spiro atoms. The van der Waals surface area contributed by atoms with Gasteiger partial charge >= 0.3 is 0 Å². The van der Waals surface area contributed by atoms with Crippen LogP contribution in [0, 0.1) is 0 Å². The van der Waals surface area contributed by atoms with E-state index in [2.05, 4.69) is 5.16 Å². The lowest BCUT2D eigenvalue weighted by molar-refractivity contribution is 0.316. The van der Waals surface area contributed by atoms with Gasteiger partial charge < -0.3 is 10.9 Å². The minimum absolute atomic E-state index is 0.0239. The first-order valence-corrected chi connectivity index (χ1v) is 5.74. The molecule has 0 amide bonds. The molecular weight excluding hydrogens is 206 g/mol. The van der Waals surface area contributed by atoms with Crippen molar-refractivity contribution < 1.29 is 13.6 Å². The van der Waals surface area contributed by atoms with Gasteiger partial charge in [0.1, 0.15) is 5.84 Å². The van der Waals surface area contributed by atoms with Crippen LogP contribution >= 0.6 is 0 Å². The molecule has 0 heterocycles. The van der Waals surface area contributed by atoms with Crippen molar-refractivity contribution >= 4 is 15.9 Å². The summed E-state index contributed by atoms with van der Waals surface area (Å²) in [4.78, 5) is 0. The standard InChI is InChI=1S/C7H17N3O3S/c1-6(2)14(12,13)10(3)5-4-7(8)9-11/h6,11H,4-5H2,1-3H3,(H2,8,9). The van der Waals surface area contributed by atoms with Gasteiger partial charge in [-0.15, -0.1) is 0 Å². The number of rotatable bonds is 5. The average Bonchev–Trinajstić information content (AvgIpc) is 2.12. The topological polar surface area (TPSA) is 96.0 Å². The number of nitrogens with two attached hydrogens (primary N) is 1. The summed E-state index contributed by atoms with van der Waals surface area (Å²) in [5, 5.41) is 10.6. The van der Waals surface area contributed by atoms with Gasteiger partial charge in [-0.05, 0) is 13.8 Å². The van der Waals surface area contributed by atoms with E-state index in [0.29, 0.717) is 0 Å². The second-order valence-corrected chi connectivity index (χ2v) is 5.85. The molecule has 0 aromatic carbocycles. The Morgan fingerprint density at radius 2 is 2.07 bits per heavy atom. The quantitative estimate of drug-likeness (QED) is 0.292. The van der Waals surface area contributed by atoms with Crippen LogP contribution in [-0.2, 0) is 10.0 Å². The van der Waals surface area contributed by atoms with Crippen molar-refractivity contribution in [2.24, 2.45) is 10.9 Å². The molecule has 0 bridgehead atoms. The molecular formula is C7H17N3O3S. The molecule has 3 N–H and O–H groups in total. The first-order valence-electron chi connectivity index (χ1n) is 4.24. The van der Waals surface area contributed by atoms with E-state index < -0.39 is 15.3 Å². The highest BCUT2D eigenvalue weighted by Crippen LogP contribution is 2.06. The average molecular weight is 223 g/mol. The molecule has 0 aliphatic rings. The molecule has 84 valence electrons. The first kappa shape index (κ1) is 13.2. The number of hydrogen-bond acceptors (Lipinski definition) is 4. The Balaban J connectivity index is 4.30. The van der Waals surface area contributed by atoms with E-state index in [4.69, 9.17) is 10.9 Å². The van der Waals surface area contributed by atoms with Crippen LogP contribution in [0.5, 0.6) is 0 Å². The maximum Gasteiger partial charge on any atom is 0.216 e. The third kappa shape index (κ3) is 3.51. The highest BCUT2D eigenvalue weighted by Gasteiger charge is 2.21. The van der Waals surface area contributed by atoms with Crippen molar-refractivity contribution in [3.63, 3.8) is 0 Å². The zero-order chi connectivity index (χ0) is 11.4. The van der Waals surface area contributed by atoms with Gasteiger partial charge in [0.2, 0.25) is 10.0 Å². The fourth-order valence-corrected chi connectivity index (χ4v) is 1.87. The van der Waals surface area contributed by atoms with E-state index in [1.54, 1.807) is 13.8 Å². The molecule has 0 unspecified atom stereocenters. The van der Waals surface area contributed by atoms with Gasteiger partial charge in [-0.25, -0.2) is 12.7 Å². The maximum atomic E-state index is 11.5. The van der Waals surface area contributed by atoms with Gasteiger partial charge in [0.25, 0.3) is 0 Å². The molecule has 6 nitrogen and oxygen atoms in total. The molecule has 0 aliphatic heterocycles. The number of sulfonamides is 1. The van der Waals surface area contributed by atoms with Crippen LogP contribution in [0.1, 0.15) is 20.3 Å². The van der Waals surface area contributed by atoms with Crippen molar-refractivity contribution in [2.75, 3.05) is 13.6 Å². The zero-order valence-corrected chi connectivity index (χ0v) is 9.45. The molecule has 0 aliphatic carbocycles. The van der Waals surface area contributed by atoms with E-state index >= 15 is 0 Å². The van der Waals surface area contributed by atoms with Crippen LogP contribution in [0.4, 0.5) is 0 Å². The van der Waals surface area contributed by atoms with Crippen molar-refractivity contribution in [1.82, 2.24) is 4.31 Å².